The second-order valence-corrected chi connectivity index (χ2v) is 10.3. The number of amides is 4. The van der Waals surface area contributed by atoms with Gasteiger partial charge in [-0.2, -0.15) is 0 Å². The zero-order chi connectivity index (χ0) is 25.7. The molecule has 2 aliphatic heterocycles. The number of nitrogens with zero attached hydrogens (tertiary/aromatic N) is 3. The Labute approximate surface area is 214 Å². The van der Waals surface area contributed by atoms with Crippen molar-refractivity contribution >= 4 is 45.4 Å². The first kappa shape index (κ1) is 23.5. The zero-order valence-electron chi connectivity index (χ0n) is 19.5. The minimum absolute atomic E-state index is 0.0834. The van der Waals surface area contributed by atoms with Gasteiger partial charge in [0.2, 0.25) is 11.8 Å². The van der Waals surface area contributed by atoms with Crippen molar-refractivity contribution in [1.29, 1.82) is 0 Å². The number of piperidine rings is 1. The topological polar surface area (TPSA) is 131 Å². The van der Waals surface area contributed by atoms with E-state index in [1.807, 2.05) is 6.20 Å². The number of pyridine rings is 1. The number of benzene rings is 1. The van der Waals surface area contributed by atoms with Crippen LogP contribution in [-0.4, -0.2) is 50.8 Å². The normalized spacial score (nSPS) is 23.0. The van der Waals surface area contributed by atoms with Crippen LogP contribution >= 0.6 is 11.3 Å². The van der Waals surface area contributed by atoms with E-state index in [4.69, 9.17) is 4.74 Å². The number of halogens is 1. The fourth-order valence-electron chi connectivity index (χ4n) is 5.17. The molecule has 10 nitrogen and oxygen atoms in total. The molecular weight excluding hydrogens is 501 g/mol. The summed E-state index contributed by atoms with van der Waals surface area (Å²) in [5.74, 6) is -2.06. The highest BCUT2D eigenvalue weighted by Crippen LogP contribution is 2.41. The maximum atomic E-state index is 15.2. The molecule has 3 aliphatic rings. The van der Waals surface area contributed by atoms with Gasteiger partial charge in [-0.25, -0.2) is 14.2 Å². The lowest BCUT2D eigenvalue weighted by Gasteiger charge is -2.34. The van der Waals surface area contributed by atoms with Crippen LogP contribution in [0.4, 0.5) is 9.18 Å². The third-order valence-electron chi connectivity index (χ3n) is 7.22. The first-order valence-corrected chi connectivity index (χ1v) is 12.8. The van der Waals surface area contributed by atoms with Crippen molar-refractivity contribution in [3.63, 3.8) is 0 Å². The SMILES string of the molecule is O=C1CC[C@H](N2Cc3ccc(CNC(=O)OC4CC(c5cncc6scnc56)C4)c(F)c3C2=O)C(=O)N1. The summed E-state index contributed by atoms with van der Waals surface area (Å²) in [6, 6.07) is 2.31. The zero-order valence-corrected chi connectivity index (χ0v) is 20.3. The van der Waals surface area contributed by atoms with Crippen LogP contribution < -0.4 is 10.6 Å². The summed E-state index contributed by atoms with van der Waals surface area (Å²) in [6.45, 7) is -0.0675. The second kappa shape index (κ2) is 9.18. The number of aromatic nitrogens is 2. The Morgan fingerprint density at radius 3 is 2.89 bits per heavy atom. The molecule has 0 bridgehead atoms. The molecule has 6 rings (SSSR count). The summed E-state index contributed by atoms with van der Waals surface area (Å²) < 4.78 is 21.7. The van der Waals surface area contributed by atoms with E-state index in [0.29, 0.717) is 18.4 Å². The standard InChI is InChI=1S/C25H22FN5O5S/c26-21-12(1-2-13-10-31(24(34)20(13)21)17-3-4-19(32)30-23(17)33)7-28-25(35)36-15-5-14(6-15)16-8-27-9-18-22(16)29-11-37-18/h1-2,8-9,11,14-15,17H,3-7,10H2,(H,28,35)(H,30,32,33)/t14?,15?,17-/m0/s1. The third kappa shape index (κ3) is 4.20. The maximum absolute atomic E-state index is 15.2. The Kier molecular flexibility index (Phi) is 5.82. The lowest BCUT2D eigenvalue weighted by Crippen LogP contribution is -2.52. The molecule has 4 amide bonds. The van der Waals surface area contributed by atoms with Crippen LogP contribution in [0.2, 0.25) is 0 Å². The molecule has 1 saturated carbocycles. The summed E-state index contributed by atoms with van der Waals surface area (Å²) >= 11 is 1.53. The Bertz CT molecular complexity index is 1450. The molecule has 2 aromatic heterocycles. The largest absolute Gasteiger partial charge is 0.446 e. The number of hydrogen-bond acceptors (Lipinski definition) is 8. The molecule has 4 heterocycles. The molecule has 1 aliphatic carbocycles. The van der Waals surface area contributed by atoms with Gasteiger partial charge in [-0.15, -0.1) is 11.3 Å². The van der Waals surface area contributed by atoms with Gasteiger partial charge >= 0.3 is 6.09 Å². The van der Waals surface area contributed by atoms with Gasteiger partial charge < -0.3 is 15.0 Å². The summed E-state index contributed by atoms with van der Waals surface area (Å²) in [5, 5.41) is 4.78. The van der Waals surface area contributed by atoms with Crippen molar-refractivity contribution in [2.75, 3.05) is 0 Å². The molecule has 3 aromatic rings. The van der Waals surface area contributed by atoms with Crippen LogP contribution in [0.1, 0.15) is 58.6 Å². The molecule has 1 atom stereocenters. The monoisotopic (exact) mass is 523 g/mol. The van der Waals surface area contributed by atoms with Gasteiger partial charge in [-0.05, 0) is 30.7 Å². The quantitative estimate of drug-likeness (QED) is 0.492. The molecule has 2 fully saturated rings. The van der Waals surface area contributed by atoms with Crippen LogP contribution in [0.15, 0.2) is 30.0 Å². The number of rotatable bonds is 5. The first-order chi connectivity index (χ1) is 17.9. The average Bonchev–Trinajstić information content (AvgIpc) is 3.46. The number of fused-ring (bicyclic) bond motifs is 2. The first-order valence-electron chi connectivity index (χ1n) is 12.0. The van der Waals surface area contributed by atoms with E-state index < -0.39 is 29.8 Å². The number of thiazole rings is 1. The number of hydrogen-bond donors (Lipinski definition) is 2. The highest BCUT2D eigenvalue weighted by atomic mass is 32.1. The summed E-state index contributed by atoms with van der Waals surface area (Å²) in [5.41, 5.74) is 4.27. The molecule has 37 heavy (non-hydrogen) atoms. The van der Waals surface area contributed by atoms with Crippen molar-refractivity contribution in [1.82, 2.24) is 25.5 Å². The molecule has 1 saturated heterocycles. The van der Waals surface area contributed by atoms with Gasteiger partial charge in [-0.1, -0.05) is 12.1 Å². The molecule has 0 unspecified atom stereocenters. The molecule has 1 aromatic carbocycles. The van der Waals surface area contributed by atoms with Gasteiger partial charge in [-0.3, -0.25) is 24.7 Å². The van der Waals surface area contributed by atoms with E-state index in [9.17, 15) is 19.2 Å². The van der Waals surface area contributed by atoms with Gasteiger partial charge in [0.25, 0.3) is 5.91 Å². The van der Waals surface area contributed by atoms with Crippen LogP contribution in [0.5, 0.6) is 0 Å². The highest BCUT2D eigenvalue weighted by Gasteiger charge is 2.41. The van der Waals surface area contributed by atoms with Crippen LogP contribution in [-0.2, 0) is 27.4 Å². The van der Waals surface area contributed by atoms with Crippen molar-refractivity contribution < 1.29 is 28.3 Å². The molecular formula is C25H22FN5O5S. The number of carbonyl (C=O) groups is 4. The van der Waals surface area contributed by atoms with Gasteiger partial charge in [0.1, 0.15) is 18.0 Å². The highest BCUT2D eigenvalue weighted by molar-refractivity contribution is 7.16. The van der Waals surface area contributed by atoms with Crippen molar-refractivity contribution in [3.05, 3.63) is 58.1 Å². The van der Waals surface area contributed by atoms with Crippen LogP contribution in [0.3, 0.4) is 0 Å². The fraction of sp³-hybridized carbons (Fsp3) is 0.360. The number of ether oxygens (including phenoxy) is 1. The van der Waals surface area contributed by atoms with Gasteiger partial charge in [0, 0.05) is 43.0 Å². The van der Waals surface area contributed by atoms with E-state index in [0.717, 1.165) is 15.8 Å². The van der Waals surface area contributed by atoms with Crippen molar-refractivity contribution in [2.45, 2.75) is 56.8 Å². The van der Waals surface area contributed by atoms with Crippen molar-refractivity contribution in [3.8, 4) is 0 Å². The summed E-state index contributed by atoms with van der Waals surface area (Å²) in [4.78, 5) is 58.9. The van der Waals surface area contributed by atoms with Crippen LogP contribution in [0, 0.1) is 5.82 Å². The number of imide groups is 1. The summed E-state index contributed by atoms with van der Waals surface area (Å²) in [6.07, 6.45) is 4.31. The van der Waals surface area contributed by atoms with Crippen molar-refractivity contribution in [2.24, 2.45) is 0 Å². The fourth-order valence-corrected chi connectivity index (χ4v) is 5.85. The van der Waals surface area contributed by atoms with Gasteiger partial charge in [0.15, 0.2) is 0 Å². The summed E-state index contributed by atoms with van der Waals surface area (Å²) in [7, 11) is 0. The van der Waals surface area contributed by atoms with E-state index in [-0.39, 0.29) is 55.0 Å². The van der Waals surface area contributed by atoms with Crippen LogP contribution in [0.25, 0.3) is 10.2 Å². The van der Waals surface area contributed by atoms with E-state index in [2.05, 4.69) is 20.6 Å². The Hall–Kier alpha value is -3.93. The molecule has 0 spiro atoms. The number of carbonyl (C=O) groups excluding carboxylic acids is 4. The molecule has 190 valence electrons. The Morgan fingerprint density at radius 1 is 1.24 bits per heavy atom. The predicted molar refractivity (Wildman–Crippen MR) is 129 cm³/mol. The third-order valence-corrected chi connectivity index (χ3v) is 7.98. The van der Waals surface area contributed by atoms with E-state index in [1.54, 1.807) is 17.8 Å². The molecule has 2 N–H and O–H groups in total. The lowest BCUT2D eigenvalue weighted by atomic mass is 9.77. The Morgan fingerprint density at radius 2 is 2.08 bits per heavy atom. The minimum Gasteiger partial charge on any atom is -0.446 e. The predicted octanol–water partition coefficient (Wildman–Crippen LogP) is 2.76. The van der Waals surface area contributed by atoms with E-state index in [1.165, 1.54) is 22.3 Å². The average molecular weight is 524 g/mol. The van der Waals surface area contributed by atoms with Gasteiger partial charge in [0.05, 0.1) is 21.3 Å². The molecule has 12 heteroatoms. The van der Waals surface area contributed by atoms with E-state index >= 15 is 4.39 Å². The number of nitrogens with one attached hydrogen (secondary N) is 2. The maximum Gasteiger partial charge on any atom is 0.407 e. The smallest absolute Gasteiger partial charge is 0.407 e. The second-order valence-electron chi connectivity index (χ2n) is 9.45. The number of alkyl carbamates (subject to hydrolysis) is 1. The Balaban J connectivity index is 1.04. The minimum atomic E-state index is -0.821. The molecule has 0 radical (unpaired) electrons. The lowest BCUT2D eigenvalue weighted by molar-refractivity contribution is -0.136.